The number of rotatable bonds is 2. The molecule has 9 heteroatoms. The van der Waals surface area contributed by atoms with Crippen LogP contribution < -0.4 is 4.74 Å². The number of halogens is 6. The Bertz CT molecular complexity index is 548. The van der Waals surface area contributed by atoms with E-state index in [0.29, 0.717) is 12.1 Å². The molecule has 2 heterocycles. The highest BCUT2D eigenvalue weighted by Crippen LogP contribution is 2.31. The molecule has 0 radical (unpaired) electrons. The van der Waals surface area contributed by atoms with Crippen molar-refractivity contribution >= 4 is 0 Å². The molecule has 0 unspecified atom stereocenters. The van der Waals surface area contributed by atoms with Crippen molar-refractivity contribution in [1.82, 2.24) is 9.97 Å². The fourth-order valence-corrected chi connectivity index (χ4v) is 1.35. The first-order chi connectivity index (χ1) is 9.66. The molecule has 0 spiro atoms. The Morgan fingerprint density at radius 3 is 1.29 bits per heavy atom. The van der Waals surface area contributed by atoms with Crippen molar-refractivity contribution in [3.05, 3.63) is 48.0 Å². The Labute approximate surface area is 114 Å². The standard InChI is InChI=1S/C12H6F6N2O/c13-11(14,15)9-3-1-7(5-19-9)21-8-2-4-10(20-6-8)12(16,17)18/h1-6H. The van der Waals surface area contributed by atoms with Crippen LogP contribution in [0.4, 0.5) is 26.3 Å². The zero-order chi connectivity index (χ0) is 15.7. The maximum atomic E-state index is 12.3. The third kappa shape index (κ3) is 3.83. The Hall–Kier alpha value is -2.32. The number of nitrogens with zero attached hydrogens (tertiary/aromatic N) is 2. The molecule has 0 aliphatic heterocycles. The molecule has 0 amide bonds. The van der Waals surface area contributed by atoms with E-state index in [9.17, 15) is 26.3 Å². The van der Waals surface area contributed by atoms with Gasteiger partial charge in [0.2, 0.25) is 0 Å². The zero-order valence-corrected chi connectivity index (χ0v) is 10.0. The van der Waals surface area contributed by atoms with Crippen LogP contribution in [0, 0.1) is 0 Å². The molecule has 0 aromatic carbocycles. The molecule has 2 rings (SSSR count). The second-order valence-corrected chi connectivity index (χ2v) is 3.86. The summed E-state index contributed by atoms with van der Waals surface area (Å²) in [6.45, 7) is 0. The Kier molecular flexibility index (Phi) is 3.75. The summed E-state index contributed by atoms with van der Waals surface area (Å²) in [5.41, 5.74) is -2.19. The predicted molar refractivity (Wildman–Crippen MR) is 58.6 cm³/mol. The first kappa shape index (κ1) is 15.1. The van der Waals surface area contributed by atoms with Gasteiger partial charge in [-0.2, -0.15) is 26.3 Å². The van der Waals surface area contributed by atoms with Crippen molar-refractivity contribution in [3.63, 3.8) is 0 Å². The minimum absolute atomic E-state index is 0.0513. The first-order valence-electron chi connectivity index (χ1n) is 5.40. The number of aromatic nitrogens is 2. The van der Waals surface area contributed by atoms with Crippen LogP contribution in [0.5, 0.6) is 11.5 Å². The molecule has 112 valence electrons. The molecule has 0 aliphatic rings. The highest BCUT2D eigenvalue weighted by atomic mass is 19.4. The minimum Gasteiger partial charge on any atom is -0.454 e. The van der Waals surface area contributed by atoms with Crippen molar-refractivity contribution in [1.29, 1.82) is 0 Å². The van der Waals surface area contributed by atoms with Crippen molar-refractivity contribution < 1.29 is 31.1 Å². The molecule has 0 bridgehead atoms. The summed E-state index contributed by atoms with van der Waals surface area (Å²) in [6, 6.07) is 3.42. The molecule has 21 heavy (non-hydrogen) atoms. The molecular formula is C12H6F6N2O. The maximum Gasteiger partial charge on any atom is 0.433 e. The van der Waals surface area contributed by atoms with Gasteiger partial charge in [0.05, 0.1) is 12.4 Å². The van der Waals surface area contributed by atoms with Crippen LogP contribution in [-0.2, 0) is 12.4 Å². The van der Waals surface area contributed by atoms with Crippen LogP contribution in [0.2, 0.25) is 0 Å². The molecule has 0 N–H and O–H groups in total. The Morgan fingerprint density at radius 1 is 0.667 bits per heavy atom. The Morgan fingerprint density at radius 2 is 1.05 bits per heavy atom. The molecule has 0 atom stereocenters. The van der Waals surface area contributed by atoms with Crippen molar-refractivity contribution in [2.75, 3.05) is 0 Å². The van der Waals surface area contributed by atoms with Crippen molar-refractivity contribution in [3.8, 4) is 11.5 Å². The van der Waals surface area contributed by atoms with E-state index in [0.717, 1.165) is 24.5 Å². The van der Waals surface area contributed by atoms with Gasteiger partial charge in [0.1, 0.15) is 22.9 Å². The lowest BCUT2D eigenvalue weighted by Crippen LogP contribution is -2.07. The number of hydrogen-bond donors (Lipinski definition) is 0. The van der Waals surface area contributed by atoms with Crippen molar-refractivity contribution in [2.24, 2.45) is 0 Å². The van der Waals surface area contributed by atoms with E-state index in [-0.39, 0.29) is 11.5 Å². The zero-order valence-electron chi connectivity index (χ0n) is 10.0. The van der Waals surface area contributed by atoms with Crippen LogP contribution >= 0.6 is 0 Å². The summed E-state index contributed by atoms with van der Waals surface area (Å²) in [7, 11) is 0. The lowest BCUT2D eigenvalue weighted by Gasteiger charge is -2.09. The van der Waals surface area contributed by atoms with E-state index in [4.69, 9.17) is 4.74 Å². The lowest BCUT2D eigenvalue weighted by atomic mass is 10.3. The third-order valence-electron chi connectivity index (χ3n) is 2.29. The monoisotopic (exact) mass is 308 g/mol. The number of alkyl halides is 6. The normalized spacial score (nSPS) is 12.3. The van der Waals surface area contributed by atoms with E-state index < -0.39 is 23.7 Å². The fraction of sp³-hybridized carbons (Fsp3) is 0.167. The SMILES string of the molecule is FC(F)(F)c1ccc(Oc2ccc(C(F)(F)F)nc2)cn1. The van der Waals surface area contributed by atoms with Gasteiger partial charge in [-0.1, -0.05) is 0 Å². The van der Waals surface area contributed by atoms with Gasteiger partial charge in [-0.25, -0.2) is 9.97 Å². The molecule has 0 fully saturated rings. The van der Waals surface area contributed by atoms with E-state index in [1.54, 1.807) is 0 Å². The van der Waals surface area contributed by atoms with Gasteiger partial charge >= 0.3 is 12.4 Å². The summed E-state index contributed by atoms with van der Waals surface area (Å²) in [6.07, 6.45) is -7.51. The summed E-state index contributed by atoms with van der Waals surface area (Å²) < 4.78 is 78.8. The molecule has 0 saturated heterocycles. The maximum absolute atomic E-state index is 12.3. The molecule has 2 aromatic rings. The second kappa shape index (κ2) is 5.23. The Balaban J connectivity index is 2.12. The first-order valence-corrected chi connectivity index (χ1v) is 5.40. The average molecular weight is 308 g/mol. The topological polar surface area (TPSA) is 35.0 Å². The van der Waals surface area contributed by atoms with E-state index >= 15 is 0 Å². The number of hydrogen-bond acceptors (Lipinski definition) is 3. The van der Waals surface area contributed by atoms with Crippen molar-refractivity contribution in [2.45, 2.75) is 12.4 Å². The molecule has 2 aromatic heterocycles. The smallest absolute Gasteiger partial charge is 0.433 e. The second-order valence-electron chi connectivity index (χ2n) is 3.86. The highest BCUT2D eigenvalue weighted by Gasteiger charge is 2.33. The third-order valence-corrected chi connectivity index (χ3v) is 2.29. The van der Waals surface area contributed by atoms with Crippen LogP contribution in [-0.4, -0.2) is 9.97 Å². The quantitative estimate of drug-likeness (QED) is 0.776. The van der Waals surface area contributed by atoms with Crippen LogP contribution in [0.25, 0.3) is 0 Å². The van der Waals surface area contributed by atoms with E-state index in [2.05, 4.69) is 9.97 Å². The molecule has 0 saturated carbocycles. The molecule has 0 aliphatic carbocycles. The van der Waals surface area contributed by atoms with E-state index in [1.165, 1.54) is 0 Å². The van der Waals surface area contributed by atoms with E-state index in [1.807, 2.05) is 0 Å². The minimum atomic E-state index is -4.57. The molecular weight excluding hydrogens is 302 g/mol. The molecule has 3 nitrogen and oxygen atoms in total. The van der Waals surface area contributed by atoms with Gasteiger partial charge in [0.15, 0.2) is 0 Å². The summed E-state index contributed by atoms with van der Waals surface area (Å²) in [4.78, 5) is 6.31. The summed E-state index contributed by atoms with van der Waals surface area (Å²) in [5.74, 6) is -0.103. The van der Waals surface area contributed by atoms with Gasteiger partial charge < -0.3 is 4.74 Å². The van der Waals surface area contributed by atoms with Gasteiger partial charge in [-0.3, -0.25) is 0 Å². The summed E-state index contributed by atoms with van der Waals surface area (Å²) in [5, 5.41) is 0. The van der Waals surface area contributed by atoms with Crippen LogP contribution in [0.3, 0.4) is 0 Å². The summed E-state index contributed by atoms with van der Waals surface area (Å²) >= 11 is 0. The van der Waals surface area contributed by atoms with Gasteiger partial charge in [0.25, 0.3) is 0 Å². The highest BCUT2D eigenvalue weighted by molar-refractivity contribution is 5.29. The largest absolute Gasteiger partial charge is 0.454 e. The fourth-order valence-electron chi connectivity index (χ4n) is 1.35. The van der Waals surface area contributed by atoms with Gasteiger partial charge in [-0.15, -0.1) is 0 Å². The number of pyridine rings is 2. The van der Waals surface area contributed by atoms with Gasteiger partial charge in [-0.05, 0) is 24.3 Å². The average Bonchev–Trinajstić information content (AvgIpc) is 2.38. The lowest BCUT2D eigenvalue weighted by molar-refractivity contribution is -0.141. The van der Waals surface area contributed by atoms with Crippen LogP contribution in [0.15, 0.2) is 36.7 Å². The van der Waals surface area contributed by atoms with Gasteiger partial charge in [0, 0.05) is 0 Å². The number of ether oxygens (including phenoxy) is 1. The predicted octanol–water partition coefficient (Wildman–Crippen LogP) is 4.31. The van der Waals surface area contributed by atoms with Crippen LogP contribution in [0.1, 0.15) is 11.4 Å².